The maximum absolute atomic E-state index is 11.8. The Morgan fingerprint density at radius 3 is 2.81 bits per heavy atom. The standard InChI is InChI=1S/C18H25N7O.HI/c1-3-17(26)24-10-9-14(12-24)22-18(19-2)20-11-16-23-21-13-25(16)15-7-5-4-6-8-15;/h4-8,13-14H,3,9-12H2,1-2H3,(H2,19,20,22);1H. The molecule has 1 aromatic carbocycles. The number of carbonyl (C=O) groups excluding carboxylic acids is 1. The zero-order valence-electron chi connectivity index (χ0n) is 15.6. The van der Waals surface area contributed by atoms with Crippen molar-refractivity contribution in [3.05, 3.63) is 42.5 Å². The zero-order chi connectivity index (χ0) is 18.4. The molecule has 2 N–H and O–H groups in total. The quantitative estimate of drug-likeness (QED) is 0.383. The van der Waals surface area contributed by atoms with Crippen LogP contribution in [0.3, 0.4) is 0 Å². The molecule has 1 aliphatic heterocycles. The minimum Gasteiger partial charge on any atom is -0.352 e. The van der Waals surface area contributed by atoms with Crippen molar-refractivity contribution in [3.8, 4) is 5.69 Å². The Bertz CT molecular complexity index is 762. The van der Waals surface area contributed by atoms with Gasteiger partial charge in [-0.15, -0.1) is 34.2 Å². The molecule has 1 saturated heterocycles. The zero-order valence-corrected chi connectivity index (χ0v) is 18.0. The summed E-state index contributed by atoms with van der Waals surface area (Å²) in [6, 6.07) is 10.2. The highest BCUT2D eigenvalue weighted by molar-refractivity contribution is 14.0. The van der Waals surface area contributed by atoms with Gasteiger partial charge in [0.05, 0.1) is 6.54 Å². The molecule has 27 heavy (non-hydrogen) atoms. The van der Waals surface area contributed by atoms with Crippen molar-refractivity contribution in [2.45, 2.75) is 32.4 Å². The first-order valence-electron chi connectivity index (χ1n) is 8.90. The van der Waals surface area contributed by atoms with Crippen LogP contribution in [-0.2, 0) is 11.3 Å². The topological polar surface area (TPSA) is 87.4 Å². The third-order valence-electron chi connectivity index (χ3n) is 4.47. The van der Waals surface area contributed by atoms with E-state index in [1.54, 1.807) is 13.4 Å². The van der Waals surface area contributed by atoms with Gasteiger partial charge < -0.3 is 15.5 Å². The number of nitrogens with one attached hydrogen (secondary N) is 2. The van der Waals surface area contributed by atoms with E-state index in [0.717, 1.165) is 24.5 Å². The molecule has 0 saturated carbocycles. The van der Waals surface area contributed by atoms with Crippen molar-refractivity contribution in [3.63, 3.8) is 0 Å². The highest BCUT2D eigenvalue weighted by atomic mass is 127. The van der Waals surface area contributed by atoms with Gasteiger partial charge >= 0.3 is 0 Å². The molecule has 1 aliphatic rings. The second-order valence-electron chi connectivity index (χ2n) is 6.20. The molecule has 2 heterocycles. The van der Waals surface area contributed by atoms with Crippen molar-refractivity contribution in [1.82, 2.24) is 30.3 Å². The number of likely N-dealkylation sites (tertiary alicyclic amines) is 1. The lowest BCUT2D eigenvalue weighted by molar-refractivity contribution is -0.129. The van der Waals surface area contributed by atoms with E-state index in [-0.39, 0.29) is 35.9 Å². The molecule has 0 radical (unpaired) electrons. The van der Waals surface area contributed by atoms with E-state index >= 15 is 0 Å². The van der Waals surface area contributed by atoms with Gasteiger partial charge in [-0.25, -0.2) is 0 Å². The van der Waals surface area contributed by atoms with Gasteiger partial charge in [0.25, 0.3) is 0 Å². The molecule has 1 unspecified atom stereocenters. The molecule has 1 atom stereocenters. The Labute approximate surface area is 176 Å². The number of hydrogen-bond donors (Lipinski definition) is 2. The number of amides is 1. The van der Waals surface area contributed by atoms with Crippen LogP contribution in [0.5, 0.6) is 0 Å². The summed E-state index contributed by atoms with van der Waals surface area (Å²) in [6.45, 7) is 3.91. The maximum atomic E-state index is 11.8. The molecule has 0 spiro atoms. The lowest BCUT2D eigenvalue weighted by Gasteiger charge is -2.18. The van der Waals surface area contributed by atoms with E-state index in [9.17, 15) is 4.79 Å². The van der Waals surface area contributed by atoms with E-state index in [4.69, 9.17) is 0 Å². The number of halogens is 1. The molecule has 1 amide bonds. The van der Waals surface area contributed by atoms with E-state index in [0.29, 0.717) is 25.5 Å². The minimum absolute atomic E-state index is 0. The van der Waals surface area contributed by atoms with Crippen LogP contribution in [0.1, 0.15) is 25.6 Å². The lowest BCUT2D eigenvalue weighted by Crippen LogP contribution is -2.45. The predicted octanol–water partition coefficient (Wildman–Crippen LogP) is 1.56. The van der Waals surface area contributed by atoms with Gasteiger partial charge in [0.15, 0.2) is 11.8 Å². The van der Waals surface area contributed by atoms with Crippen molar-refractivity contribution < 1.29 is 4.79 Å². The second kappa shape index (κ2) is 10.2. The maximum Gasteiger partial charge on any atom is 0.222 e. The van der Waals surface area contributed by atoms with E-state index in [2.05, 4.69) is 25.8 Å². The van der Waals surface area contributed by atoms with Crippen LogP contribution in [0.2, 0.25) is 0 Å². The number of rotatable bonds is 5. The van der Waals surface area contributed by atoms with E-state index in [1.807, 2.05) is 46.7 Å². The van der Waals surface area contributed by atoms with Crippen molar-refractivity contribution in [1.29, 1.82) is 0 Å². The normalized spacial score (nSPS) is 16.7. The predicted molar refractivity (Wildman–Crippen MR) is 115 cm³/mol. The van der Waals surface area contributed by atoms with Crippen LogP contribution in [0.15, 0.2) is 41.7 Å². The minimum atomic E-state index is 0. The third-order valence-corrected chi connectivity index (χ3v) is 4.47. The van der Waals surface area contributed by atoms with Crippen molar-refractivity contribution >= 4 is 35.8 Å². The first kappa shape index (κ1) is 21.1. The highest BCUT2D eigenvalue weighted by Crippen LogP contribution is 2.11. The number of nitrogens with zero attached hydrogens (tertiary/aromatic N) is 5. The van der Waals surface area contributed by atoms with Gasteiger partial charge in [0, 0.05) is 38.3 Å². The number of aliphatic imine (C=N–C) groups is 1. The van der Waals surface area contributed by atoms with Crippen molar-refractivity contribution in [2.75, 3.05) is 20.1 Å². The van der Waals surface area contributed by atoms with Crippen LogP contribution in [0.4, 0.5) is 0 Å². The summed E-state index contributed by atoms with van der Waals surface area (Å²) in [5.41, 5.74) is 1.02. The number of para-hydroxylation sites is 1. The van der Waals surface area contributed by atoms with Crippen LogP contribution < -0.4 is 10.6 Å². The van der Waals surface area contributed by atoms with Gasteiger partial charge in [-0.1, -0.05) is 25.1 Å². The Morgan fingerprint density at radius 2 is 2.11 bits per heavy atom. The smallest absolute Gasteiger partial charge is 0.222 e. The number of carbonyl (C=O) groups is 1. The van der Waals surface area contributed by atoms with Crippen molar-refractivity contribution in [2.24, 2.45) is 4.99 Å². The molecule has 9 heteroatoms. The highest BCUT2D eigenvalue weighted by Gasteiger charge is 2.25. The van der Waals surface area contributed by atoms with Crippen LogP contribution >= 0.6 is 24.0 Å². The first-order chi connectivity index (χ1) is 12.7. The summed E-state index contributed by atoms with van der Waals surface area (Å²) in [7, 11) is 1.74. The van der Waals surface area contributed by atoms with Gasteiger partial charge in [0.2, 0.25) is 5.91 Å². The molecule has 8 nitrogen and oxygen atoms in total. The average molecular weight is 483 g/mol. The fourth-order valence-electron chi connectivity index (χ4n) is 3.06. The molecule has 2 aromatic rings. The summed E-state index contributed by atoms with van der Waals surface area (Å²) in [5, 5.41) is 14.9. The molecule has 1 aromatic heterocycles. The first-order valence-corrected chi connectivity index (χ1v) is 8.90. The lowest BCUT2D eigenvalue weighted by atomic mass is 10.3. The summed E-state index contributed by atoms with van der Waals surface area (Å²) in [5.74, 6) is 1.70. The van der Waals surface area contributed by atoms with Gasteiger partial charge in [-0.05, 0) is 18.6 Å². The molecule has 146 valence electrons. The average Bonchev–Trinajstić information content (AvgIpc) is 3.34. The van der Waals surface area contributed by atoms with E-state index < -0.39 is 0 Å². The summed E-state index contributed by atoms with van der Waals surface area (Å²) < 4.78 is 1.94. The largest absolute Gasteiger partial charge is 0.352 e. The Kier molecular flexibility index (Phi) is 8.01. The Morgan fingerprint density at radius 1 is 1.33 bits per heavy atom. The monoisotopic (exact) mass is 483 g/mol. The molecular weight excluding hydrogens is 457 g/mol. The van der Waals surface area contributed by atoms with Crippen LogP contribution in [0.25, 0.3) is 5.69 Å². The SMILES string of the molecule is CCC(=O)N1CCC(NC(=NC)NCc2nncn2-c2ccccc2)C1.I. The number of benzene rings is 1. The fourth-order valence-corrected chi connectivity index (χ4v) is 3.06. The number of aromatic nitrogens is 3. The summed E-state index contributed by atoms with van der Waals surface area (Å²) in [6.07, 6.45) is 3.18. The number of guanidine groups is 1. The van der Waals surface area contributed by atoms with E-state index in [1.165, 1.54) is 0 Å². The number of hydrogen-bond acceptors (Lipinski definition) is 4. The summed E-state index contributed by atoms with van der Waals surface area (Å²) >= 11 is 0. The van der Waals surface area contributed by atoms with Crippen LogP contribution in [-0.4, -0.2) is 57.7 Å². The Hall–Kier alpha value is -2.17. The van der Waals surface area contributed by atoms with Gasteiger partial charge in [-0.3, -0.25) is 14.4 Å². The molecule has 0 bridgehead atoms. The molecule has 0 aliphatic carbocycles. The Balaban J connectivity index is 0.00000261. The van der Waals surface area contributed by atoms with Crippen LogP contribution in [0, 0.1) is 0 Å². The molecule has 1 fully saturated rings. The van der Waals surface area contributed by atoms with Gasteiger partial charge in [-0.2, -0.15) is 0 Å². The molecular formula is C18H26IN7O. The molecule has 3 rings (SSSR count). The fraction of sp³-hybridized carbons (Fsp3) is 0.444. The summed E-state index contributed by atoms with van der Waals surface area (Å²) in [4.78, 5) is 18.0. The third kappa shape index (κ3) is 5.41. The second-order valence-corrected chi connectivity index (χ2v) is 6.20. The van der Waals surface area contributed by atoms with Gasteiger partial charge in [0.1, 0.15) is 6.33 Å².